The van der Waals surface area contributed by atoms with Gasteiger partial charge in [0, 0.05) is 41.7 Å². The standard InChI is InChI=1S/C26H26N4O3.ClH/c1-33-22-4-2-3-19-18(22)7-6-16-14-28-21(23(16)19)10-12-30-25(31)20-8-5-15-13-27-11-9-17(15)24(20)29-26(30)32;/h2-5,8-9,11,13,16,21,23,28H,6-7,10,12,14H2,1H3,(H,29,32);1H/t16-,21?,23+;/m0./s1. The normalized spacial score (nSPS) is 21.1. The van der Waals surface area contributed by atoms with Gasteiger partial charge in [-0.05, 0) is 61.1 Å². The van der Waals surface area contributed by atoms with Crippen molar-refractivity contribution in [1.82, 2.24) is 19.9 Å². The Balaban J connectivity index is 0.00000241. The van der Waals surface area contributed by atoms with Gasteiger partial charge in [-0.1, -0.05) is 18.2 Å². The van der Waals surface area contributed by atoms with Crippen molar-refractivity contribution in [3.05, 3.63) is 80.8 Å². The van der Waals surface area contributed by atoms with Gasteiger partial charge in [0.25, 0.3) is 5.56 Å². The fourth-order valence-corrected chi connectivity index (χ4v) is 5.97. The van der Waals surface area contributed by atoms with E-state index in [4.69, 9.17) is 4.74 Å². The van der Waals surface area contributed by atoms with E-state index in [-0.39, 0.29) is 29.7 Å². The van der Waals surface area contributed by atoms with Crippen LogP contribution in [0.1, 0.15) is 29.9 Å². The number of nitrogens with zero attached hydrogens (tertiary/aromatic N) is 2. The number of nitrogens with one attached hydrogen (secondary N) is 2. The number of hydrogen-bond acceptors (Lipinski definition) is 5. The van der Waals surface area contributed by atoms with Crippen LogP contribution in [0, 0.1) is 5.92 Å². The van der Waals surface area contributed by atoms with Crippen LogP contribution in [0.2, 0.25) is 0 Å². The van der Waals surface area contributed by atoms with Crippen LogP contribution in [-0.4, -0.2) is 34.2 Å². The number of fused-ring (bicyclic) bond motifs is 6. The Morgan fingerprint density at radius 1 is 1.15 bits per heavy atom. The summed E-state index contributed by atoms with van der Waals surface area (Å²) in [5.74, 6) is 1.90. The molecule has 1 aliphatic carbocycles. The number of H-pyrrole nitrogens is 1. The van der Waals surface area contributed by atoms with Crippen molar-refractivity contribution < 1.29 is 4.74 Å². The van der Waals surface area contributed by atoms with E-state index in [2.05, 4.69) is 27.4 Å². The van der Waals surface area contributed by atoms with Gasteiger partial charge < -0.3 is 15.0 Å². The van der Waals surface area contributed by atoms with Gasteiger partial charge in [0.05, 0.1) is 18.0 Å². The van der Waals surface area contributed by atoms with Crippen molar-refractivity contribution in [2.45, 2.75) is 37.8 Å². The molecular weight excluding hydrogens is 452 g/mol. The van der Waals surface area contributed by atoms with Crippen molar-refractivity contribution in [3.63, 3.8) is 0 Å². The summed E-state index contributed by atoms with van der Waals surface area (Å²) in [6.45, 7) is 1.34. The molecule has 8 heteroatoms. The Hall–Kier alpha value is -3.16. The van der Waals surface area contributed by atoms with E-state index >= 15 is 0 Å². The predicted molar refractivity (Wildman–Crippen MR) is 135 cm³/mol. The summed E-state index contributed by atoms with van der Waals surface area (Å²) in [4.78, 5) is 33.2. The van der Waals surface area contributed by atoms with Crippen LogP contribution in [0.4, 0.5) is 0 Å². The molecule has 1 saturated heterocycles. The average molecular weight is 479 g/mol. The second kappa shape index (κ2) is 8.89. The van der Waals surface area contributed by atoms with Crippen LogP contribution < -0.4 is 21.3 Å². The van der Waals surface area contributed by atoms with Crippen molar-refractivity contribution in [2.75, 3.05) is 13.7 Å². The highest BCUT2D eigenvalue weighted by Gasteiger charge is 2.40. The third kappa shape index (κ3) is 3.51. The van der Waals surface area contributed by atoms with Crippen molar-refractivity contribution in [2.24, 2.45) is 5.92 Å². The monoisotopic (exact) mass is 478 g/mol. The zero-order valence-electron chi connectivity index (χ0n) is 18.9. The number of hydrogen-bond donors (Lipinski definition) is 2. The van der Waals surface area contributed by atoms with Gasteiger partial charge in [-0.25, -0.2) is 4.79 Å². The highest BCUT2D eigenvalue weighted by atomic mass is 35.5. The van der Waals surface area contributed by atoms with Crippen LogP contribution in [0.15, 0.2) is 58.4 Å². The van der Waals surface area contributed by atoms with Crippen molar-refractivity contribution >= 4 is 34.1 Å². The number of aromatic nitrogens is 3. The zero-order chi connectivity index (χ0) is 22.5. The lowest BCUT2D eigenvalue weighted by Gasteiger charge is -2.32. The first-order chi connectivity index (χ1) is 16.2. The molecule has 0 radical (unpaired) electrons. The molecule has 34 heavy (non-hydrogen) atoms. The summed E-state index contributed by atoms with van der Waals surface area (Å²) in [7, 11) is 1.73. The van der Waals surface area contributed by atoms with Crippen LogP contribution in [-0.2, 0) is 13.0 Å². The summed E-state index contributed by atoms with van der Waals surface area (Å²) in [6, 6.07) is 12.0. The lowest BCUT2D eigenvalue weighted by molar-refractivity contribution is 0.371. The maximum atomic E-state index is 13.3. The van der Waals surface area contributed by atoms with E-state index in [1.165, 1.54) is 15.7 Å². The minimum Gasteiger partial charge on any atom is -0.496 e. The molecule has 0 bridgehead atoms. The first-order valence-electron chi connectivity index (χ1n) is 11.5. The van der Waals surface area contributed by atoms with Gasteiger partial charge in [-0.3, -0.25) is 14.3 Å². The first-order valence-corrected chi connectivity index (χ1v) is 11.5. The summed E-state index contributed by atoms with van der Waals surface area (Å²) < 4.78 is 6.96. The molecule has 1 unspecified atom stereocenters. The predicted octanol–water partition coefficient (Wildman–Crippen LogP) is 3.38. The SMILES string of the molecule is COc1cccc2c1CC[C@H]1CNC(CCn3c(=O)[nH]c4c(ccc5cnccc54)c3=O)[C@@H]21.Cl. The quantitative estimate of drug-likeness (QED) is 0.439. The van der Waals surface area contributed by atoms with E-state index in [0.717, 1.165) is 35.9 Å². The van der Waals surface area contributed by atoms with E-state index in [9.17, 15) is 9.59 Å². The molecular formula is C26H27ClN4O3. The minimum atomic E-state index is -0.364. The first kappa shape index (κ1) is 22.6. The number of aromatic amines is 1. The Kier molecular flexibility index (Phi) is 5.91. The molecule has 1 aliphatic heterocycles. The maximum Gasteiger partial charge on any atom is 0.328 e. The third-order valence-electron chi connectivity index (χ3n) is 7.53. The fourth-order valence-electron chi connectivity index (χ4n) is 5.97. The number of halogens is 1. The second-order valence-corrected chi connectivity index (χ2v) is 9.13. The number of rotatable bonds is 4. The van der Waals surface area contributed by atoms with E-state index in [1.54, 1.807) is 25.6 Å². The molecule has 2 N–H and O–H groups in total. The fraction of sp³-hybridized carbons (Fsp3) is 0.346. The van der Waals surface area contributed by atoms with Crippen LogP contribution >= 0.6 is 12.4 Å². The Morgan fingerprint density at radius 3 is 2.88 bits per heavy atom. The maximum absolute atomic E-state index is 13.3. The molecule has 0 saturated carbocycles. The molecule has 0 amide bonds. The summed E-state index contributed by atoms with van der Waals surface area (Å²) in [5.41, 5.74) is 2.62. The highest BCUT2D eigenvalue weighted by Crippen LogP contribution is 2.45. The second-order valence-electron chi connectivity index (χ2n) is 9.13. The molecule has 2 aliphatic rings. The van der Waals surface area contributed by atoms with Crippen LogP contribution in [0.3, 0.4) is 0 Å². The van der Waals surface area contributed by atoms with E-state index in [1.807, 2.05) is 18.2 Å². The van der Waals surface area contributed by atoms with E-state index in [0.29, 0.717) is 35.7 Å². The van der Waals surface area contributed by atoms with Gasteiger partial charge in [0.1, 0.15) is 5.75 Å². The molecule has 0 spiro atoms. The third-order valence-corrected chi connectivity index (χ3v) is 7.53. The van der Waals surface area contributed by atoms with Gasteiger partial charge in [0.2, 0.25) is 0 Å². The molecule has 4 aromatic rings. The minimum absolute atomic E-state index is 0. The van der Waals surface area contributed by atoms with Gasteiger partial charge in [0.15, 0.2) is 0 Å². The van der Waals surface area contributed by atoms with Gasteiger partial charge in [-0.15, -0.1) is 12.4 Å². The van der Waals surface area contributed by atoms with Gasteiger partial charge >= 0.3 is 5.69 Å². The smallest absolute Gasteiger partial charge is 0.328 e. The molecule has 3 atom stereocenters. The van der Waals surface area contributed by atoms with Crippen LogP contribution in [0.5, 0.6) is 5.75 Å². The average Bonchev–Trinajstić information content (AvgIpc) is 3.27. The Morgan fingerprint density at radius 2 is 2.03 bits per heavy atom. The molecule has 1 fully saturated rings. The number of benzene rings is 2. The zero-order valence-corrected chi connectivity index (χ0v) is 19.7. The topological polar surface area (TPSA) is 89.0 Å². The Bertz CT molecular complexity index is 1500. The van der Waals surface area contributed by atoms with Crippen LogP contribution in [0.25, 0.3) is 21.7 Å². The molecule has 2 aromatic heterocycles. The largest absolute Gasteiger partial charge is 0.496 e. The number of pyridine rings is 1. The lowest BCUT2D eigenvalue weighted by Crippen LogP contribution is -2.38. The summed E-state index contributed by atoms with van der Waals surface area (Å²) in [5, 5.41) is 5.92. The van der Waals surface area contributed by atoms with E-state index < -0.39 is 0 Å². The molecule has 176 valence electrons. The number of methoxy groups -OCH3 is 1. The lowest BCUT2D eigenvalue weighted by atomic mass is 9.73. The summed E-state index contributed by atoms with van der Waals surface area (Å²) >= 11 is 0. The van der Waals surface area contributed by atoms with Crippen molar-refractivity contribution in [3.8, 4) is 5.75 Å². The van der Waals surface area contributed by atoms with Gasteiger partial charge in [-0.2, -0.15) is 0 Å². The summed E-state index contributed by atoms with van der Waals surface area (Å²) in [6.07, 6.45) is 6.27. The highest BCUT2D eigenvalue weighted by molar-refractivity contribution is 6.04. The molecule has 3 heterocycles. The molecule has 7 nitrogen and oxygen atoms in total. The molecule has 2 aromatic carbocycles. The number of ether oxygens (including phenoxy) is 1. The molecule has 6 rings (SSSR count). The van der Waals surface area contributed by atoms with Crippen molar-refractivity contribution in [1.29, 1.82) is 0 Å². The Labute approximate surface area is 202 Å².